The van der Waals surface area contributed by atoms with E-state index in [1.807, 2.05) is 0 Å². The van der Waals surface area contributed by atoms with Crippen LogP contribution in [0.2, 0.25) is 0 Å². The molecule has 152 valence electrons. The molecule has 0 bridgehead atoms. The van der Waals surface area contributed by atoms with Gasteiger partial charge < -0.3 is 14.8 Å². The van der Waals surface area contributed by atoms with Crippen molar-refractivity contribution in [3.63, 3.8) is 0 Å². The summed E-state index contributed by atoms with van der Waals surface area (Å²) in [6, 6.07) is 11.3. The second-order valence-corrected chi connectivity index (χ2v) is 9.57. The van der Waals surface area contributed by atoms with Crippen LogP contribution in [0.15, 0.2) is 47.4 Å². The van der Waals surface area contributed by atoms with Gasteiger partial charge in [-0.2, -0.15) is 0 Å². The van der Waals surface area contributed by atoms with E-state index in [9.17, 15) is 13.2 Å². The van der Waals surface area contributed by atoms with Gasteiger partial charge in [-0.05, 0) is 56.0 Å². The van der Waals surface area contributed by atoms with Gasteiger partial charge in [0.25, 0.3) is 11.7 Å². The smallest absolute Gasteiger partial charge is 0.255 e. The Morgan fingerprint density at radius 1 is 1.00 bits per heavy atom. The van der Waals surface area contributed by atoms with Crippen molar-refractivity contribution in [1.29, 1.82) is 0 Å². The van der Waals surface area contributed by atoms with E-state index in [2.05, 4.69) is 10.0 Å². The van der Waals surface area contributed by atoms with E-state index in [4.69, 9.17) is 9.47 Å². The zero-order chi connectivity index (χ0) is 20.1. The lowest BCUT2D eigenvalue weighted by molar-refractivity contribution is -0.0716. The first-order valence-corrected chi connectivity index (χ1v) is 11.4. The van der Waals surface area contributed by atoms with Crippen LogP contribution >= 0.6 is 0 Å². The fourth-order valence-electron chi connectivity index (χ4n) is 3.79. The van der Waals surface area contributed by atoms with Gasteiger partial charge >= 0.3 is 0 Å². The standard InChI is InChI=1S/C21H22N2O5S/c24-20(14-4-3-5-17(12-14)29(25,26)23-15-6-7-15)22-16-8-9-18-19(13-16)28-21(27-18)10-1-2-11-21/h3-5,8-9,12-13,15,23H,1-2,6-7,10-11H2,(H,22,24). The molecule has 1 aliphatic heterocycles. The van der Waals surface area contributed by atoms with Crippen LogP contribution < -0.4 is 19.5 Å². The van der Waals surface area contributed by atoms with E-state index < -0.39 is 15.8 Å². The highest BCUT2D eigenvalue weighted by molar-refractivity contribution is 7.89. The average molecular weight is 414 g/mol. The number of hydrogen-bond acceptors (Lipinski definition) is 5. The number of carbonyl (C=O) groups is 1. The number of ether oxygens (including phenoxy) is 2. The van der Waals surface area contributed by atoms with Crippen LogP contribution in [0.1, 0.15) is 48.9 Å². The minimum atomic E-state index is -3.61. The van der Waals surface area contributed by atoms with Crippen molar-refractivity contribution in [2.24, 2.45) is 0 Å². The fourth-order valence-corrected chi connectivity index (χ4v) is 5.14. The predicted molar refractivity (Wildman–Crippen MR) is 107 cm³/mol. The second kappa shape index (κ2) is 6.74. The van der Waals surface area contributed by atoms with Crippen LogP contribution in [0.3, 0.4) is 0 Å². The van der Waals surface area contributed by atoms with Gasteiger partial charge in [-0.25, -0.2) is 13.1 Å². The highest BCUT2D eigenvalue weighted by Crippen LogP contribution is 2.47. The summed E-state index contributed by atoms with van der Waals surface area (Å²) in [7, 11) is -3.61. The molecule has 2 aromatic rings. The van der Waals surface area contributed by atoms with Crippen LogP contribution in [-0.4, -0.2) is 26.2 Å². The maximum Gasteiger partial charge on any atom is 0.255 e. The Morgan fingerprint density at radius 2 is 1.76 bits per heavy atom. The molecule has 0 radical (unpaired) electrons. The van der Waals surface area contributed by atoms with E-state index in [0.29, 0.717) is 17.2 Å². The molecule has 5 rings (SSSR count). The summed E-state index contributed by atoms with van der Waals surface area (Å²) in [5.74, 6) is 0.365. The first kappa shape index (κ1) is 18.4. The Labute approximate surface area is 169 Å². The summed E-state index contributed by atoms with van der Waals surface area (Å²) >= 11 is 0. The molecule has 7 nitrogen and oxygen atoms in total. The van der Waals surface area contributed by atoms with Crippen LogP contribution in [0.5, 0.6) is 11.5 Å². The summed E-state index contributed by atoms with van der Waals surface area (Å²) in [6.07, 6.45) is 5.58. The molecule has 29 heavy (non-hydrogen) atoms. The molecule has 8 heteroatoms. The van der Waals surface area contributed by atoms with Gasteiger partial charge in [-0.3, -0.25) is 4.79 Å². The maximum absolute atomic E-state index is 12.7. The Kier molecular flexibility index (Phi) is 4.29. The molecule has 0 aromatic heterocycles. The Morgan fingerprint density at radius 3 is 2.52 bits per heavy atom. The van der Waals surface area contributed by atoms with Gasteiger partial charge in [0.1, 0.15) is 0 Å². The third-order valence-electron chi connectivity index (χ3n) is 5.46. The van der Waals surface area contributed by atoms with Gasteiger partial charge in [-0.1, -0.05) is 6.07 Å². The van der Waals surface area contributed by atoms with Crippen molar-refractivity contribution in [2.45, 2.75) is 55.2 Å². The van der Waals surface area contributed by atoms with E-state index in [1.54, 1.807) is 30.3 Å². The third kappa shape index (κ3) is 3.70. The van der Waals surface area contributed by atoms with Gasteiger partial charge in [0.2, 0.25) is 10.0 Å². The lowest BCUT2D eigenvalue weighted by atomic mass is 10.2. The van der Waals surface area contributed by atoms with Crippen molar-refractivity contribution in [3.05, 3.63) is 48.0 Å². The summed E-state index contributed by atoms with van der Waals surface area (Å²) in [4.78, 5) is 12.8. The molecule has 1 spiro atoms. The van der Waals surface area contributed by atoms with Crippen LogP contribution in [-0.2, 0) is 10.0 Å². The fraction of sp³-hybridized carbons (Fsp3) is 0.381. The molecule has 2 aromatic carbocycles. The maximum atomic E-state index is 12.7. The molecule has 1 heterocycles. The Balaban J connectivity index is 1.32. The third-order valence-corrected chi connectivity index (χ3v) is 6.98. The molecule has 0 atom stereocenters. The van der Waals surface area contributed by atoms with Crippen LogP contribution in [0.25, 0.3) is 0 Å². The van der Waals surface area contributed by atoms with Crippen molar-refractivity contribution in [2.75, 3.05) is 5.32 Å². The van der Waals surface area contributed by atoms with Gasteiger partial charge in [0.05, 0.1) is 4.90 Å². The van der Waals surface area contributed by atoms with Crippen molar-refractivity contribution < 1.29 is 22.7 Å². The number of nitrogens with one attached hydrogen (secondary N) is 2. The highest BCUT2D eigenvalue weighted by atomic mass is 32.2. The summed E-state index contributed by atoms with van der Waals surface area (Å²) < 4.78 is 39.4. The quantitative estimate of drug-likeness (QED) is 0.782. The largest absolute Gasteiger partial charge is 0.448 e. The average Bonchev–Trinajstić information content (AvgIpc) is 3.26. The SMILES string of the molecule is O=C(Nc1ccc2c(c1)OC1(CCCC1)O2)c1cccc(S(=O)(=O)NC2CC2)c1. The number of hydrogen-bond donors (Lipinski definition) is 2. The zero-order valence-electron chi connectivity index (χ0n) is 15.8. The summed E-state index contributed by atoms with van der Waals surface area (Å²) in [5.41, 5.74) is 0.838. The van der Waals surface area contributed by atoms with Crippen molar-refractivity contribution in [3.8, 4) is 11.5 Å². The lowest BCUT2D eigenvalue weighted by Crippen LogP contribution is -2.34. The predicted octanol–water partition coefficient (Wildman–Crippen LogP) is 3.42. The highest BCUT2D eigenvalue weighted by Gasteiger charge is 2.44. The molecule has 2 fully saturated rings. The van der Waals surface area contributed by atoms with E-state index in [1.165, 1.54) is 12.1 Å². The first-order valence-electron chi connectivity index (χ1n) is 9.88. The Hall–Kier alpha value is -2.58. The number of sulfonamides is 1. The number of benzene rings is 2. The molecule has 2 saturated carbocycles. The number of rotatable bonds is 5. The monoisotopic (exact) mass is 414 g/mol. The second-order valence-electron chi connectivity index (χ2n) is 7.86. The molecule has 2 N–H and O–H groups in total. The van der Waals surface area contributed by atoms with E-state index >= 15 is 0 Å². The lowest BCUT2D eigenvalue weighted by Gasteiger charge is -2.21. The molecule has 0 unspecified atom stereocenters. The minimum absolute atomic E-state index is 0.00859. The molecular formula is C21H22N2O5S. The van der Waals surface area contributed by atoms with Gasteiger partial charge in [-0.15, -0.1) is 0 Å². The zero-order valence-corrected chi connectivity index (χ0v) is 16.6. The van der Waals surface area contributed by atoms with Crippen LogP contribution in [0, 0.1) is 0 Å². The van der Waals surface area contributed by atoms with E-state index in [-0.39, 0.29) is 22.4 Å². The van der Waals surface area contributed by atoms with Crippen molar-refractivity contribution >= 4 is 21.6 Å². The van der Waals surface area contributed by atoms with Crippen LogP contribution in [0.4, 0.5) is 5.69 Å². The van der Waals surface area contributed by atoms with Crippen molar-refractivity contribution in [1.82, 2.24) is 4.72 Å². The first-order chi connectivity index (χ1) is 13.9. The Bertz CT molecular complexity index is 1070. The van der Waals surface area contributed by atoms with E-state index in [0.717, 1.165) is 38.5 Å². The number of anilines is 1. The van der Waals surface area contributed by atoms with Gasteiger partial charge in [0, 0.05) is 36.2 Å². The molecule has 0 saturated heterocycles. The number of fused-ring (bicyclic) bond motifs is 1. The minimum Gasteiger partial charge on any atom is -0.448 e. The topological polar surface area (TPSA) is 93.7 Å². The number of carbonyl (C=O) groups excluding carboxylic acids is 1. The number of amides is 1. The molecule has 3 aliphatic rings. The summed E-state index contributed by atoms with van der Waals surface area (Å²) in [5, 5.41) is 2.81. The van der Waals surface area contributed by atoms with Gasteiger partial charge in [0.15, 0.2) is 11.5 Å². The normalized spacial score (nSPS) is 19.4. The molecule has 1 amide bonds. The molecule has 2 aliphatic carbocycles. The molecular weight excluding hydrogens is 392 g/mol. The summed E-state index contributed by atoms with van der Waals surface area (Å²) in [6.45, 7) is 0.